The van der Waals surface area contributed by atoms with Gasteiger partial charge in [-0.05, 0) is 58.3 Å². The van der Waals surface area contributed by atoms with Crippen LogP contribution < -0.4 is 34.7 Å². The first-order valence-corrected chi connectivity index (χ1v) is 9.32. The van der Waals surface area contributed by atoms with Crippen LogP contribution in [-0.2, 0) is 4.79 Å². The maximum absolute atomic E-state index is 10.2. The van der Waals surface area contributed by atoms with Gasteiger partial charge in [-0.15, -0.1) is 0 Å². The first kappa shape index (κ1) is 25.9. The van der Waals surface area contributed by atoms with Crippen LogP contribution in [0.15, 0.2) is 36.0 Å². The molecule has 0 aromatic carbocycles. The summed E-state index contributed by atoms with van der Waals surface area (Å²) in [7, 11) is 0. The van der Waals surface area contributed by atoms with Crippen molar-refractivity contribution in [1.82, 2.24) is 0 Å². The zero-order valence-electron chi connectivity index (χ0n) is 16.2. The van der Waals surface area contributed by atoms with Crippen LogP contribution in [-0.4, -0.2) is 5.97 Å². The number of unbranched alkanes of at least 4 members (excludes halogenated alkanes) is 6. The van der Waals surface area contributed by atoms with E-state index in [4.69, 9.17) is 0 Å². The van der Waals surface area contributed by atoms with Gasteiger partial charge in [0.1, 0.15) is 0 Å². The van der Waals surface area contributed by atoms with Gasteiger partial charge in [0.25, 0.3) is 0 Å². The van der Waals surface area contributed by atoms with E-state index in [1.807, 2.05) is 0 Å². The molecule has 0 saturated carbocycles. The Morgan fingerprint density at radius 1 is 0.833 bits per heavy atom. The van der Waals surface area contributed by atoms with Crippen molar-refractivity contribution in [3.63, 3.8) is 0 Å². The van der Waals surface area contributed by atoms with Crippen molar-refractivity contribution in [2.24, 2.45) is 0 Å². The van der Waals surface area contributed by atoms with Gasteiger partial charge < -0.3 is 9.90 Å². The Kier molecular flexibility index (Phi) is 22.4. The molecule has 0 aliphatic rings. The molecular weight excluding hydrogens is 307 g/mol. The molecule has 0 radical (unpaired) electrons. The molecule has 0 aliphatic carbocycles. The third-order valence-electron chi connectivity index (χ3n) is 3.88. The Balaban J connectivity index is 0. The van der Waals surface area contributed by atoms with Crippen molar-refractivity contribution >= 4 is 5.97 Å². The third kappa shape index (κ3) is 21.7. The Labute approximate surface area is 171 Å². The summed E-state index contributed by atoms with van der Waals surface area (Å²) in [6, 6.07) is 0. The minimum Gasteiger partial charge on any atom is -0.550 e. The number of carbonyl (C=O) groups excluding carboxylic acids is 1. The van der Waals surface area contributed by atoms with Gasteiger partial charge in [-0.3, -0.25) is 0 Å². The van der Waals surface area contributed by atoms with Gasteiger partial charge in [-0.2, -0.15) is 0 Å². The molecule has 0 heterocycles. The maximum atomic E-state index is 10.2. The first-order chi connectivity index (χ1) is 11.2. The standard InChI is InChI=1S/C21H36O2.Na/c1-3-4-14-17-20(2)18-15-12-10-8-6-5-7-9-11-13-16-19-21(22)23;/h5-6,10,12,18H,3-4,7-9,11,13-17,19H2,1-2H3,(H,22,23);/q;+1/p-1/b6-5-,12-10-,20-18-;. The van der Waals surface area contributed by atoms with E-state index < -0.39 is 5.97 Å². The molecule has 0 rings (SSSR count). The number of carboxylic acids is 1. The van der Waals surface area contributed by atoms with Crippen LogP contribution in [0.3, 0.4) is 0 Å². The Hall–Kier alpha value is -0.310. The molecule has 0 spiro atoms. The molecule has 2 nitrogen and oxygen atoms in total. The molecule has 0 aromatic rings. The van der Waals surface area contributed by atoms with Gasteiger partial charge >= 0.3 is 29.6 Å². The normalized spacial score (nSPS) is 12.0. The molecule has 0 unspecified atom stereocenters. The summed E-state index contributed by atoms with van der Waals surface area (Å²) < 4.78 is 0. The van der Waals surface area contributed by atoms with Crippen LogP contribution in [0.4, 0.5) is 0 Å². The molecule has 3 heteroatoms. The second kappa shape index (κ2) is 20.7. The number of aliphatic carboxylic acids is 1. The summed E-state index contributed by atoms with van der Waals surface area (Å²) in [6.07, 6.45) is 23.8. The van der Waals surface area contributed by atoms with Crippen LogP contribution >= 0.6 is 0 Å². The number of hydrogen-bond acceptors (Lipinski definition) is 2. The van der Waals surface area contributed by atoms with Crippen LogP contribution in [0.2, 0.25) is 0 Å². The number of hydrogen-bond donors (Lipinski definition) is 0. The average Bonchev–Trinajstić information content (AvgIpc) is 2.51. The zero-order chi connectivity index (χ0) is 17.2. The van der Waals surface area contributed by atoms with E-state index in [1.54, 1.807) is 0 Å². The molecular formula is C21H35NaO2. The number of carboxylic acid groups (broad SMARTS) is 1. The third-order valence-corrected chi connectivity index (χ3v) is 3.88. The number of allylic oxidation sites excluding steroid dienone is 6. The van der Waals surface area contributed by atoms with Crippen LogP contribution in [0.5, 0.6) is 0 Å². The fourth-order valence-corrected chi connectivity index (χ4v) is 2.40. The van der Waals surface area contributed by atoms with E-state index in [0.717, 1.165) is 44.9 Å². The molecule has 0 aromatic heterocycles. The summed E-state index contributed by atoms with van der Waals surface area (Å²) in [5, 5.41) is 10.2. The number of rotatable bonds is 15. The van der Waals surface area contributed by atoms with E-state index >= 15 is 0 Å². The second-order valence-corrected chi connectivity index (χ2v) is 6.25. The first-order valence-electron chi connectivity index (χ1n) is 9.32. The van der Waals surface area contributed by atoms with Crippen molar-refractivity contribution in [2.45, 2.75) is 90.9 Å². The van der Waals surface area contributed by atoms with E-state index in [-0.39, 0.29) is 36.0 Å². The summed E-state index contributed by atoms with van der Waals surface area (Å²) in [4.78, 5) is 10.2. The fourth-order valence-electron chi connectivity index (χ4n) is 2.40. The van der Waals surface area contributed by atoms with Crippen molar-refractivity contribution < 1.29 is 39.5 Å². The molecule has 0 aliphatic heterocycles. The molecule has 0 fully saturated rings. The summed E-state index contributed by atoms with van der Waals surface area (Å²) >= 11 is 0. The van der Waals surface area contributed by atoms with Crippen molar-refractivity contribution in [1.29, 1.82) is 0 Å². The average molecular weight is 342 g/mol. The van der Waals surface area contributed by atoms with E-state index in [2.05, 4.69) is 44.2 Å². The smallest absolute Gasteiger partial charge is 0.550 e. The van der Waals surface area contributed by atoms with Crippen LogP contribution in [0, 0.1) is 0 Å². The van der Waals surface area contributed by atoms with Crippen LogP contribution in [0.25, 0.3) is 0 Å². The SMILES string of the molecule is CCCCC/C(C)=C\C/C=C\C/C=C\CCCCCCC(=O)[O-].[Na+]. The van der Waals surface area contributed by atoms with Gasteiger partial charge in [0.2, 0.25) is 0 Å². The van der Waals surface area contributed by atoms with Crippen LogP contribution in [0.1, 0.15) is 90.9 Å². The second-order valence-electron chi connectivity index (χ2n) is 6.25. The predicted octanol–water partition coefficient (Wildman–Crippen LogP) is 2.50. The molecule has 24 heavy (non-hydrogen) atoms. The van der Waals surface area contributed by atoms with Crippen molar-refractivity contribution in [3.8, 4) is 0 Å². The molecule has 0 saturated heterocycles. The predicted molar refractivity (Wildman–Crippen MR) is 98.1 cm³/mol. The molecule has 132 valence electrons. The fraction of sp³-hybridized carbons (Fsp3) is 0.667. The minimum atomic E-state index is -0.928. The van der Waals surface area contributed by atoms with E-state index in [0.29, 0.717) is 0 Å². The quantitative estimate of drug-likeness (QED) is 0.261. The summed E-state index contributed by atoms with van der Waals surface area (Å²) in [5.74, 6) is -0.928. The Morgan fingerprint density at radius 2 is 1.46 bits per heavy atom. The minimum absolute atomic E-state index is 0. The molecule has 0 bridgehead atoms. The molecule has 0 amide bonds. The van der Waals surface area contributed by atoms with E-state index in [9.17, 15) is 9.90 Å². The van der Waals surface area contributed by atoms with Crippen molar-refractivity contribution in [3.05, 3.63) is 36.0 Å². The van der Waals surface area contributed by atoms with E-state index in [1.165, 1.54) is 31.3 Å². The largest absolute Gasteiger partial charge is 1.00 e. The maximum Gasteiger partial charge on any atom is 1.00 e. The topological polar surface area (TPSA) is 40.1 Å². The van der Waals surface area contributed by atoms with Gasteiger partial charge in [-0.25, -0.2) is 0 Å². The number of carbonyl (C=O) groups is 1. The monoisotopic (exact) mass is 342 g/mol. The summed E-state index contributed by atoms with van der Waals surface area (Å²) in [6.45, 7) is 4.48. The zero-order valence-corrected chi connectivity index (χ0v) is 18.2. The summed E-state index contributed by atoms with van der Waals surface area (Å²) in [5.41, 5.74) is 1.51. The van der Waals surface area contributed by atoms with Gasteiger partial charge in [0.15, 0.2) is 0 Å². The van der Waals surface area contributed by atoms with Gasteiger partial charge in [0.05, 0.1) is 0 Å². The van der Waals surface area contributed by atoms with Gasteiger partial charge in [-0.1, -0.05) is 68.6 Å². The van der Waals surface area contributed by atoms with Crippen molar-refractivity contribution in [2.75, 3.05) is 0 Å². The van der Waals surface area contributed by atoms with Gasteiger partial charge in [0, 0.05) is 5.97 Å². The molecule has 0 atom stereocenters. The molecule has 0 N–H and O–H groups in total. The Morgan fingerprint density at radius 3 is 2.17 bits per heavy atom. The Bertz CT molecular complexity index is 370.